The fourth-order valence-corrected chi connectivity index (χ4v) is 2.74. The Hall–Kier alpha value is -2.09. The average molecular weight is 268 g/mol. The van der Waals surface area contributed by atoms with E-state index < -0.39 is 5.97 Å². The first kappa shape index (κ1) is 14.3. The van der Waals surface area contributed by atoms with Gasteiger partial charge in [0.1, 0.15) is 0 Å². The second-order valence-electron chi connectivity index (χ2n) is 4.88. The van der Waals surface area contributed by atoms with E-state index in [4.69, 9.17) is 5.11 Å². The molecule has 104 valence electrons. The van der Waals surface area contributed by atoms with E-state index in [1.165, 1.54) is 16.7 Å². The number of aliphatic carboxylic acids is 1. The molecule has 0 atom stereocenters. The molecule has 2 heteroatoms. The van der Waals surface area contributed by atoms with E-state index in [2.05, 4.69) is 32.0 Å². The van der Waals surface area contributed by atoms with Crippen LogP contribution in [0.3, 0.4) is 0 Å². The molecule has 0 aliphatic rings. The van der Waals surface area contributed by atoms with E-state index in [0.29, 0.717) is 0 Å². The van der Waals surface area contributed by atoms with Crippen molar-refractivity contribution in [3.63, 3.8) is 0 Å². The van der Waals surface area contributed by atoms with Gasteiger partial charge in [0, 0.05) is 0 Å². The van der Waals surface area contributed by atoms with Crippen molar-refractivity contribution >= 4 is 5.97 Å². The van der Waals surface area contributed by atoms with Gasteiger partial charge in [0.2, 0.25) is 0 Å². The zero-order chi connectivity index (χ0) is 14.5. The first-order chi connectivity index (χ1) is 9.67. The molecule has 0 fully saturated rings. The summed E-state index contributed by atoms with van der Waals surface area (Å²) in [4.78, 5) is 11.0. The van der Waals surface area contributed by atoms with Gasteiger partial charge in [-0.2, -0.15) is 0 Å². The van der Waals surface area contributed by atoms with Crippen molar-refractivity contribution in [1.29, 1.82) is 0 Å². The highest BCUT2D eigenvalue weighted by molar-refractivity contribution is 5.78. The summed E-state index contributed by atoms with van der Waals surface area (Å²) in [6.45, 7) is 4.30. The second kappa shape index (κ2) is 6.38. The fraction of sp³-hybridized carbons (Fsp3) is 0.278. The highest BCUT2D eigenvalue weighted by Gasteiger charge is 2.12. The normalized spacial score (nSPS) is 10.5. The molecule has 0 aliphatic carbocycles. The first-order valence-electron chi connectivity index (χ1n) is 7.08. The average Bonchev–Trinajstić information content (AvgIpc) is 2.46. The summed E-state index contributed by atoms with van der Waals surface area (Å²) in [6, 6.07) is 14.1. The zero-order valence-electron chi connectivity index (χ0n) is 12.0. The predicted octanol–water partition coefficient (Wildman–Crippen LogP) is 4.11. The van der Waals surface area contributed by atoms with Crippen molar-refractivity contribution in [2.24, 2.45) is 0 Å². The van der Waals surface area contributed by atoms with E-state index in [1.54, 1.807) is 0 Å². The van der Waals surface area contributed by atoms with Crippen LogP contribution in [0.5, 0.6) is 0 Å². The number of rotatable bonds is 5. The van der Waals surface area contributed by atoms with Gasteiger partial charge in [0.25, 0.3) is 0 Å². The third-order valence-electron chi connectivity index (χ3n) is 3.66. The molecule has 0 aromatic heterocycles. The van der Waals surface area contributed by atoms with E-state index in [9.17, 15) is 4.79 Å². The lowest BCUT2D eigenvalue weighted by Gasteiger charge is -2.15. The van der Waals surface area contributed by atoms with E-state index in [0.717, 1.165) is 24.0 Å². The van der Waals surface area contributed by atoms with Crippen LogP contribution < -0.4 is 0 Å². The van der Waals surface area contributed by atoms with Crippen molar-refractivity contribution in [3.05, 3.63) is 59.2 Å². The van der Waals surface area contributed by atoms with Gasteiger partial charge in [-0.1, -0.05) is 56.3 Å². The van der Waals surface area contributed by atoms with Crippen LogP contribution in [0.25, 0.3) is 11.1 Å². The van der Waals surface area contributed by atoms with Crippen molar-refractivity contribution in [2.75, 3.05) is 0 Å². The van der Waals surface area contributed by atoms with E-state index in [-0.39, 0.29) is 6.42 Å². The van der Waals surface area contributed by atoms with Gasteiger partial charge in [-0.15, -0.1) is 0 Å². The Bertz CT molecular complexity index is 615. The molecule has 0 saturated carbocycles. The maximum atomic E-state index is 11.0. The van der Waals surface area contributed by atoms with Crippen LogP contribution in [0.4, 0.5) is 0 Å². The Balaban J connectivity index is 2.59. The predicted molar refractivity (Wildman–Crippen MR) is 82.0 cm³/mol. The van der Waals surface area contributed by atoms with Crippen LogP contribution in [-0.2, 0) is 24.1 Å². The molecule has 0 amide bonds. The molecule has 0 heterocycles. The number of hydrogen-bond donors (Lipinski definition) is 1. The summed E-state index contributed by atoms with van der Waals surface area (Å²) in [5, 5.41) is 9.07. The Kier molecular flexibility index (Phi) is 4.57. The quantitative estimate of drug-likeness (QED) is 0.886. The van der Waals surface area contributed by atoms with Gasteiger partial charge in [-0.05, 0) is 40.7 Å². The van der Waals surface area contributed by atoms with Crippen LogP contribution in [0.2, 0.25) is 0 Å². The third-order valence-corrected chi connectivity index (χ3v) is 3.66. The summed E-state index contributed by atoms with van der Waals surface area (Å²) in [5.41, 5.74) is 5.76. The minimum absolute atomic E-state index is 0.0652. The molecule has 2 rings (SSSR count). The molecule has 2 aromatic rings. The van der Waals surface area contributed by atoms with E-state index in [1.807, 2.05) is 24.3 Å². The number of aryl methyl sites for hydroxylation is 1. The fourth-order valence-electron chi connectivity index (χ4n) is 2.74. The molecule has 0 bridgehead atoms. The second-order valence-corrected chi connectivity index (χ2v) is 4.88. The van der Waals surface area contributed by atoms with Crippen LogP contribution in [-0.4, -0.2) is 11.1 Å². The summed E-state index contributed by atoms with van der Waals surface area (Å²) < 4.78 is 0. The number of benzene rings is 2. The summed E-state index contributed by atoms with van der Waals surface area (Å²) in [6.07, 6.45) is 2.02. The Morgan fingerprint density at radius 1 is 0.900 bits per heavy atom. The molecule has 2 nitrogen and oxygen atoms in total. The Morgan fingerprint density at radius 3 is 2.20 bits per heavy atom. The van der Waals surface area contributed by atoms with Crippen molar-refractivity contribution < 1.29 is 9.90 Å². The summed E-state index contributed by atoms with van der Waals surface area (Å²) >= 11 is 0. The van der Waals surface area contributed by atoms with Gasteiger partial charge in [0.05, 0.1) is 6.42 Å². The van der Waals surface area contributed by atoms with Crippen LogP contribution >= 0.6 is 0 Å². The van der Waals surface area contributed by atoms with Crippen molar-refractivity contribution in [2.45, 2.75) is 33.1 Å². The molecule has 0 radical (unpaired) electrons. The van der Waals surface area contributed by atoms with Crippen LogP contribution in [0, 0.1) is 0 Å². The summed E-state index contributed by atoms with van der Waals surface area (Å²) in [5.74, 6) is -0.790. The lowest BCUT2D eigenvalue weighted by atomic mass is 9.89. The lowest BCUT2D eigenvalue weighted by molar-refractivity contribution is -0.136. The molecular formula is C18H20O2. The van der Waals surface area contributed by atoms with Gasteiger partial charge >= 0.3 is 5.97 Å². The number of hydrogen-bond acceptors (Lipinski definition) is 1. The maximum absolute atomic E-state index is 11.0. The topological polar surface area (TPSA) is 37.3 Å². The molecule has 0 saturated heterocycles. The molecule has 1 N–H and O–H groups in total. The minimum Gasteiger partial charge on any atom is -0.481 e. The SMILES string of the molecule is CCc1cccc(-c2ccccc2CC(=O)O)c1CC. The van der Waals surface area contributed by atoms with E-state index >= 15 is 0 Å². The number of carboxylic acid groups (broad SMARTS) is 1. The Labute approximate surface area is 120 Å². The van der Waals surface area contributed by atoms with Gasteiger partial charge in [-0.3, -0.25) is 4.79 Å². The van der Waals surface area contributed by atoms with Crippen LogP contribution in [0.15, 0.2) is 42.5 Å². The minimum atomic E-state index is -0.790. The number of carboxylic acids is 1. The summed E-state index contributed by atoms with van der Waals surface area (Å²) in [7, 11) is 0. The molecule has 2 aromatic carbocycles. The zero-order valence-corrected chi connectivity index (χ0v) is 12.0. The molecule has 0 spiro atoms. The standard InChI is InChI=1S/C18H20O2/c1-3-13-9-7-11-17(15(13)4-2)16-10-6-5-8-14(16)12-18(19)20/h5-11H,3-4,12H2,1-2H3,(H,19,20). The third kappa shape index (κ3) is 2.90. The highest BCUT2D eigenvalue weighted by Crippen LogP contribution is 2.30. The lowest BCUT2D eigenvalue weighted by Crippen LogP contribution is -2.03. The van der Waals surface area contributed by atoms with Crippen molar-refractivity contribution in [1.82, 2.24) is 0 Å². The van der Waals surface area contributed by atoms with Crippen molar-refractivity contribution in [3.8, 4) is 11.1 Å². The maximum Gasteiger partial charge on any atom is 0.307 e. The molecule has 20 heavy (non-hydrogen) atoms. The number of carbonyl (C=O) groups is 1. The van der Waals surface area contributed by atoms with Gasteiger partial charge in [-0.25, -0.2) is 0 Å². The molecule has 0 unspecified atom stereocenters. The first-order valence-corrected chi connectivity index (χ1v) is 7.08. The molecule has 0 aliphatic heterocycles. The Morgan fingerprint density at radius 2 is 1.55 bits per heavy atom. The van der Waals surface area contributed by atoms with Gasteiger partial charge < -0.3 is 5.11 Å². The monoisotopic (exact) mass is 268 g/mol. The molecular weight excluding hydrogens is 248 g/mol. The smallest absolute Gasteiger partial charge is 0.307 e. The van der Waals surface area contributed by atoms with Gasteiger partial charge in [0.15, 0.2) is 0 Å². The largest absolute Gasteiger partial charge is 0.481 e. The van der Waals surface area contributed by atoms with Crippen LogP contribution in [0.1, 0.15) is 30.5 Å². The highest BCUT2D eigenvalue weighted by atomic mass is 16.4.